The average Bonchev–Trinajstić information content (AvgIpc) is 2.13. The van der Waals surface area contributed by atoms with Crippen LogP contribution in [0.25, 0.3) is 0 Å². The summed E-state index contributed by atoms with van der Waals surface area (Å²) >= 11 is 0. The van der Waals surface area contributed by atoms with Gasteiger partial charge in [0.25, 0.3) is 0 Å². The second kappa shape index (κ2) is 4.63. The fourth-order valence-corrected chi connectivity index (χ4v) is 2.75. The highest BCUT2D eigenvalue weighted by molar-refractivity contribution is 4.83. The van der Waals surface area contributed by atoms with Crippen molar-refractivity contribution in [3.05, 3.63) is 0 Å². The van der Waals surface area contributed by atoms with Crippen LogP contribution < -0.4 is 5.32 Å². The zero-order valence-corrected chi connectivity index (χ0v) is 9.21. The molecule has 0 heterocycles. The van der Waals surface area contributed by atoms with Gasteiger partial charge in [0, 0.05) is 6.04 Å². The summed E-state index contributed by atoms with van der Waals surface area (Å²) in [7, 11) is 0. The highest BCUT2D eigenvalue weighted by atomic mass is 16.3. The van der Waals surface area contributed by atoms with Crippen molar-refractivity contribution in [3.63, 3.8) is 0 Å². The number of hydrogen-bond acceptors (Lipinski definition) is 2. The second-order valence-corrected chi connectivity index (χ2v) is 5.36. The van der Waals surface area contributed by atoms with Gasteiger partial charge >= 0.3 is 0 Å². The van der Waals surface area contributed by atoms with Gasteiger partial charge in [-0.15, -0.1) is 0 Å². The summed E-state index contributed by atoms with van der Waals surface area (Å²) in [6.45, 7) is 3.51. The third kappa shape index (κ3) is 2.71. The Balaban J connectivity index is 1.57. The molecular formula is C12H23NO. The quantitative estimate of drug-likeness (QED) is 0.724. The maximum atomic E-state index is 9.38. The van der Waals surface area contributed by atoms with Gasteiger partial charge < -0.3 is 10.4 Å². The first-order valence-corrected chi connectivity index (χ1v) is 6.15. The van der Waals surface area contributed by atoms with Gasteiger partial charge in [0.15, 0.2) is 0 Å². The summed E-state index contributed by atoms with van der Waals surface area (Å²) in [5.74, 6) is 1.77. The largest absolute Gasteiger partial charge is 0.393 e. The van der Waals surface area contributed by atoms with E-state index in [1.807, 2.05) is 0 Å². The zero-order chi connectivity index (χ0) is 9.97. The molecule has 2 fully saturated rings. The van der Waals surface area contributed by atoms with E-state index in [1.54, 1.807) is 0 Å². The van der Waals surface area contributed by atoms with Crippen LogP contribution in [0.2, 0.25) is 0 Å². The van der Waals surface area contributed by atoms with E-state index in [0.29, 0.717) is 0 Å². The lowest BCUT2D eigenvalue weighted by atomic mass is 9.81. The van der Waals surface area contributed by atoms with Gasteiger partial charge in [0.2, 0.25) is 0 Å². The molecule has 2 aliphatic carbocycles. The molecule has 0 aromatic rings. The third-order valence-electron chi connectivity index (χ3n) is 3.89. The Labute approximate surface area is 87.1 Å². The van der Waals surface area contributed by atoms with Crippen LogP contribution in [0.5, 0.6) is 0 Å². The smallest absolute Gasteiger partial charge is 0.0540 e. The summed E-state index contributed by atoms with van der Waals surface area (Å²) in [5, 5.41) is 13.0. The van der Waals surface area contributed by atoms with Crippen molar-refractivity contribution in [3.8, 4) is 0 Å². The molecule has 2 nitrogen and oxygen atoms in total. The van der Waals surface area contributed by atoms with Gasteiger partial charge in [-0.2, -0.15) is 0 Å². The molecule has 0 aromatic carbocycles. The lowest BCUT2D eigenvalue weighted by molar-refractivity contribution is 0.105. The number of nitrogens with one attached hydrogen (secondary N) is 1. The van der Waals surface area contributed by atoms with Crippen molar-refractivity contribution in [2.45, 2.75) is 57.6 Å². The maximum Gasteiger partial charge on any atom is 0.0540 e. The van der Waals surface area contributed by atoms with E-state index in [2.05, 4.69) is 12.2 Å². The van der Waals surface area contributed by atoms with E-state index < -0.39 is 0 Å². The molecule has 0 unspecified atom stereocenters. The Hall–Kier alpha value is -0.0800. The summed E-state index contributed by atoms with van der Waals surface area (Å²) < 4.78 is 0. The van der Waals surface area contributed by atoms with Crippen LogP contribution >= 0.6 is 0 Å². The number of rotatable bonds is 3. The van der Waals surface area contributed by atoms with E-state index in [-0.39, 0.29) is 6.10 Å². The van der Waals surface area contributed by atoms with Crippen LogP contribution in [0, 0.1) is 11.8 Å². The van der Waals surface area contributed by atoms with Crippen LogP contribution in [0.4, 0.5) is 0 Å². The molecule has 2 heteroatoms. The van der Waals surface area contributed by atoms with E-state index in [1.165, 1.54) is 32.2 Å². The van der Waals surface area contributed by atoms with Gasteiger partial charge in [-0.1, -0.05) is 6.92 Å². The van der Waals surface area contributed by atoms with Crippen molar-refractivity contribution >= 4 is 0 Å². The van der Waals surface area contributed by atoms with E-state index in [9.17, 15) is 5.11 Å². The summed E-state index contributed by atoms with van der Waals surface area (Å²) in [5.41, 5.74) is 0. The Morgan fingerprint density at radius 1 is 1.14 bits per heavy atom. The van der Waals surface area contributed by atoms with Crippen molar-refractivity contribution in [1.29, 1.82) is 0 Å². The van der Waals surface area contributed by atoms with Crippen molar-refractivity contribution in [1.82, 2.24) is 5.32 Å². The Morgan fingerprint density at radius 2 is 1.79 bits per heavy atom. The molecule has 82 valence electrons. The first-order chi connectivity index (χ1) is 6.74. The minimum Gasteiger partial charge on any atom is -0.393 e. The summed E-state index contributed by atoms with van der Waals surface area (Å²) in [6, 6.07) is 0.803. The molecule has 14 heavy (non-hydrogen) atoms. The molecule has 2 aliphatic rings. The van der Waals surface area contributed by atoms with E-state index in [4.69, 9.17) is 0 Å². The molecule has 2 saturated carbocycles. The van der Waals surface area contributed by atoms with Crippen LogP contribution in [0.15, 0.2) is 0 Å². The van der Waals surface area contributed by atoms with Gasteiger partial charge in [-0.25, -0.2) is 0 Å². The fourth-order valence-electron chi connectivity index (χ4n) is 2.75. The van der Waals surface area contributed by atoms with Gasteiger partial charge in [-0.05, 0) is 56.9 Å². The van der Waals surface area contributed by atoms with Gasteiger partial charge in [-0.3, -0.25) is 0 Å². The Kier molecular flexibility index (Phi) is 3.45. The summed E-state index contributed by atoms with van der Waals surface area (Å²) in [6.07, 6.45) is 7.22. The van der Waals surface area contributed by atoms with Gasteiger partial charge in [0.05, 0.1) is 6.10 Å². The highest BCUT2D eigenvalue weighted by Crippen LogP contribution is 2.28. The highest BCUT2D eigenvalue weighted by Gasteiger charge is 2.26. The Bertz CT molecular complexity index is 169. The monoisotopic (exact) mass is 197 g/mol. The molecule has 0 atom stereocenters. The van der Waals surface area contributed by atoms with Crippen LogP contribution in [0.1, 0.15) is 45.4 Å². The molecule has 2 rings (SSSR count). The topological polar surface area (TPSA) is 32.3 Å². The molecule has 0 saturated heterocycles. The number of hydrogen-bond donors (Lipinski definition) is 2. The minimum absolute atomic E-state index is 0.00465. The molecule has 0 amide bonds. The second-order valence-electron chi connectivity index (χ2n) is 5.36. The molecule has 0 aliphatic heterocycles. The molecular weight excluding hydrogens is 174 g/mol. The Morgan fingerprint density at radius 3 is 2.36 bits per heavy atom. The predicted octanol–water partition coefficient (Wildman–Crippen LogP) is 1.93. The summed E-state index contributed by atoms with van der Waals surface area (Å²) in [4.78, 5) is 0. The van der Waals surface area contributed by atoms with Crippen molar-refractivity contribution < 1.29 is 5.11 Å². The van der Waals surface area contributed by atoms with Crippen LogP contribution in [-0.2, 0) is 0 Å². The maximum absolute atomic E-state index is 9.38. The van der Waals surface area contributed by atoms with Gasteiger partial charge in [0.1, 0.15) is 0 Å². The SMILES string of the molecule is CC1CC(NCC2CCC(O)CC2)C1. The number of aliphatic hydroxyl groups is 1. The minimum atomic E-state index is -0.00465. The van der Waals surface area contributed by atoms with Crippen LogP contribution in [0.3, 0.4) is 0 Å². The molecule has 0 spiro atoms. The molecule has 0 bridgehead atoms. The lowest BCUT2D eigenvalue weighted by Crippen LogP contribution is -2.42. The third-order valence-corrected chi connectivity index (χ3v) is 3.89. The molecule has 0 radical (unpaired) electrons. The lowest BCUT2D eigenvalue weighted by Gasteiger charge is -2.35. The number of aliphatic hydroxyl groups excluding tert-OH is 1. The molecule has 2 N–H and O–H groups in total. The van der Waals surface area contributed by atoms with Crippen molar-refractivity contribution in [2.24, 2.45) is 11.8 Å². The standard InChI is InChI=1S/C12H23NO/c1-9-6-11(7-9)13-8-10-2-4-12(14)5-3-10/h9-14H,2-8H2,1H3. The normalized spacial score (nSPS) is 43.3. The first kappa shape index (κ1) is 10.4. The fraction of sp³-hybridized carbons (Fsp3) is 1.00. The zero-order valence-electron chi connectivity index (χ0n) is 9.21. The molecule has 0 aromatic heterocycles. The van der Waals surface area contributed by atoms with E-state index in [0.717, 1.165) is 30.7 Å². The first-order valence-electron chi connectivity index (χ1n) is 6.15. The van der Waals surface area contributed by atoms with Crippen molar-refractivity contribution in [2.75, 3.05) is 6.54 Å². The van der Waals surface area contributed by atoms with Crippen LogP contribution in [-0.4, -0.2) is 23.8 Å². The van der Waals surface area contributed by atoms with E-state index >= 15 is 0 Å². The average molecular weight is 197 g/mol. The predicted molar refractivity (Wildman–Crippen MR) is 58.2 cm³/mol.